The highest BCUT2D eigenvalue weighted by molar-refractivity contribution is 6.30. The summed E-state index contributed by atoms with van der Waals surface area (Å²) in [5.74, 6) is 0.0835. The van der Waals surface area contributed by atoms with Gasteiger partial charge in [0.2, 0.25) is 5.95 Å². The van der Waals surface area contributed by atoms with Crippen LogP contribution < -0.4 is 10.6 Å². The van der Waals surface area contributed by atoms with E-state index in [2.05, 4.69) is 20.6 Å². The van der Waals surface area contributed by atoms with E-state index in [1.54, 1.807) is 19.2 Å². The Kier molecular flexibility index (Phi) is 5.68. The van der Waals surface area contributed by atoms with Gasteiger partial charge in [-0.2, -0.15) is 0 Å². The minimum absolute atomic E-state index is 0.268. The van der Waals surface area contributed by atoms with E-state index in [1.165, 1.54) is 6.20 Å². The lowest BCUT2D eigenvalue weighted by molar-refractivity contribution is 0.0932. The molecule has 116 valence electrons. The highest BCUT2D eigenvalue weighted by Crippen LogP contribution is 2.21. The molecule has 0 radical (unpaired) electrons. The summed E-state index contributed by atoms with van der Waals surface area (Å²) >= 11 is 5.92. The molecule has 2 N–H and O–H groups in total. The lowest BCUT2D eigenvalue weighted by atomic mass is 10.2. The van der Waals surface area contributed by atoms with Gasteiger partial charge < -0.3 is 15.4 Å². The molecule has 0 unspecified atom stereocenters. The van der Waals surface area contributed by atoms with Crippen molar-refractivity contribution in [2.24, 2.45) is 0 Å². The van der Waals surface area contributed by atoms with Crippen molar-refractivity contribution in [2.45, 2.75) is 6.92 Å². The van der Waals surface area contributed by atoms with Gasteiger partial charge in [0.1, 0.15) is 5.69 Å². The van der Waals surface area contributed by atoms with Gasteiger partial charge in [0.05, 0.1) is 6.61 Å². The van der Waals surface area contributed by atoms with Crippen LogP contribution in [0.3, 0.4) is 0 Å². The average Bonchev–Trinajstić information content (AvgIpc) is 2.50. The van der Waals surface area contributed by atoms with Crippen molar-refractivity contribution < 1.29 is 9.53 Å². The molecule has 0 aliphatic heterocycles. The highest BCUT2D eigenvalue weighted by Gasteiger charge is 2.09. The topological polar surface area (TPSA) is 76.1 Å². The van der Waals surface area contributed by atoms with E-state index in [1.807, 2.05) is 19.1 Å². The zero-order chi connectivity index (χ0) is 15.9. The first-order valence-electron chi connectivity index (χ1n) is 6.73. The molecule has 22 heavy (non-hydrogen) atoms. The number of halogens is 1. The van der Waals surface area contributed by atoms with Gasteiger partial charge in [0, 0.05) is 30.6 Å². The first-order chi connectivity index (χ1) is 10.6. The number of ether oxygens (including phenoxy) is 1. The first-order valence-corrected chi connectivity index (χ1v) is 7.11. The number of benzene rings is 1. The predicted molar refractivity (Wildman–Crippen MR) is 85.7 cm³/mol. The Morgan fingerprint density at radius 3 is 2.91 bits per heavy atom. The van der Waals surface area contributed by atoms with Gasteiger partial charge in [0.25, 0.3) is 5.91 Å². The van der Waals surface area contributed by atoms with Gasteiger partial charge in [-0.3, -0.25) is 4.79 Å². The molecule has 2 rings (SSSR count). The molecule has 0 saturated carbocycles. The lowest BCUT2D eigenvalue weighted by Crippen LogP contribution is -2.27. The number of methoxy groups -OCH3 is 1. The predicted octanol–water partition coefficient (Wildman–Crippen LogP) is 2.56. The van der Waals surface area contributed by atoms with Crippen LogP contribution in [0, 0.1) is 6.92 Å². The second-order valence-electron chi connectivity index (χ2n) is 4.60. The molecule has 1 aromatic carbocycles. The van der Waals surface area contributed by atoms with Gasteiger partial charge in [-0.1, -0.05) is 11.6 Å². The van der Waals surface area contributed by atoms with Crippen molar-refractivity contribution >= 4 is 29.1 Å². The van der Waals surface area contributed by atoms with Crippen LogP contribution in [0.5, 0.6) is 0 Å². The molecule has 7 heteroatoms. The maximum absolute atomic E-state index is 11.9. The van der Waals surface area contributed by atoms with Crippen LogP contribution in [-0.2, 0) is 4.74 Å². The van der Waals surface area contributed by atoms with Crippen LogP contribution in [0.25, 0.3) is 0 Å². The minimum Gasteiger partial charge on any atom is -0.383 e. The Morgan fingerprint density at radius 2 is 2.18 bits per heavy atom. The van der Waals surface area contributed by atoms with Crippen LogP contribution in [0.15, 0.2) is 30.5 Å². The quantitative estimate of drug-likeness (QED) is 0.800. The van der Waals surface area contributed by atoms with Crippen molar-refractivity contribution in [1.29, 1.82) is 0 Å². The second-order valence-corrected chi connectivity index (χ2v) is 5.03. The third-order valence-electron chi connectivity index (χ3n) is 2.91. The number of rotatable bonds is 6. The standard InChI is InChI=1S/C15H17ClN4O2/c1-10-9-11(16)3-4-12(10)19-15-18-6-5-13(20-15)14(21)17-7-8-22-2/h3-6,9H,7-8H2,1-2H3,(H,17,21)(H,18,19,20). The van der Waals surface area contributed by atoms with E-state index in [9.17, 15) is 4.79 Å². The molecule has 0 atom stereocenters. The molecule has 0 bridgehead atoms. The molecule has 0 aliphatic rings. The molecule has 0 fully saturated rings. The van der Waals surface area contributed by atoms with Crippen molar-refractivity contribution in [1.82, 2.24) is 15.3 Å². The Balaban J connectivity index is 2.09. The monoisotopic (exact) mass is 320 g/mol. The highest BCUT2D eigenvalue weighted by atomic mass is 35.5. The summed E-state index contributed by atoms with van der Waals surface area (Å²) in [5, 5.41) is 6.45. The van der Waals surface area contributed by atoms with E-state index < -0.39 is 0 Å². The fraction of sp³-hybridized carbons (Fsp3) is 0.267. The fourth-order valence-corrected chi connectivity index (χ4v) is 2.02. The Bertz CT molecular complexity index is 664. The van der Waals surface area contributed by atoms with Crippen molar-refractivity contribution in [3.05, 3.63) is 46.7 Å². The van der Waals surface area contributed by atoms with Crippen LogP contribution in [-0.4, -0.2) is 36.1 Å². The lowest BCUT2D eigenvalue weighted by Gasteiger charge is -2.09. The number of nitrogens with one attached hydrogen (secondary N) is 2. The number of nitrogens with zero attached hydrogens (tertiary/aromatic N) is 2. The molecule has 1 amide bonds. The summed E-state index contributed by atoms with van der Waals surface area (Å²) in [5.41, 5.74) is 2.09. The summed E-state index contributed by atoms with van der Waals surface area (Å²) < 4.78 is 4.88. The van der Waals surface area contributed by atoms with Crippen LogP contribution in [0.4, 0.5) is 11.6 Å². The largest absolute Gasteiger partial charge is 0.383 e. The SMILES string of the molecule is COCCNC(=O)c1ccnc(Nc2ccc(Cl)cc2C)n1. The van der Waals surface area contributed by atoms with Gasteiger partial charge in [-0.05, 0) is 36.8 Å². The Hall–Kier alpha value is -2.18. The molecule has 1 heterocycles. The van der Waals surface area contributed by atoms with Crippen molar-refractivity contribution in [2.75, 3.05) is 25.6 Å². The zero-order valence-corrected chi connectivity index (χ0v) is 13.1. The number of amides is 1. The van der Waals surface area contributed by atoms with E-state index in [0.717, 1.165) is 11.3 Å². The summed E-state index contributed by atoms with van der Waals surface area (Å²) in [7, 11) is 1.58. The van der Waals surface area contributed by atoms with Gasteiger partial charge in [0.15, 0.2) is 0 Å². The van der Waals surface area contributed by atoms with Gasteiger partial charge in [-0.25, -0.2) is 9.97 Å². The maximum Gasteiger partial charge on any atom is 0.270 e. The van der Waals surface area contributed by atoms with E-state index >= 15 is 0 Å². The fourth-order valence-electron chi connectivity index (χ4n) is 1.79. The summed E-state index contributed by atoms with van der Waals surface area (Å²) in [6.07, 6.45) is 1.53. The maximum atomic E-state index is 11.9. The van der Waals surface area contributed by atoms with E-state index in [-0.39, 0.29) is 5.91 Å². The van der Waals surface area contributed by atoms with Crippen LogP contribution >= 0.6 is 11.6 Å². The zero-order valence-electron chi connectivity index (χ0n) is 12.4. The summed E-state index contributed by atoms with van der Waals surface area (Å²) in [6.45, 7) is 2.81. The Labute approximate surface area is 133 Å². The minimum atomic E-state index is -0.268. The normalized spacial score (nSPS) is 10.3. The number of carbonyl (C=O) groups excluding carboxylic acids is 1. The van der Waals surface area contributed by atoms with Crippen molar-refractivity contribution in [3.8, 4) is 0 Å². The molecule has 0 saturated heterocycles. The van der Waals surface area contributed by atoms with Crippen molar-refractivity contribution in [3.63, 3.8) is 0 Å². The molecule has 2 aromatic rings. The average molecular weight is 321 g/mol. The number of aryl methyl sites for hydroxylation is 1. The molecular formula is C15H17ClN4O2. The Morgan fingerprint density at radius 1 is 1.36 bits per heavy atom. The van der Waals surface area contributed by atoms with Crippen LogP contribution in [0.2, 0.25) is 5.02 Å². The van der Waals surface area contributed by atoms with Gasteiger partial charge in [-0.15, -0.1) is 0 Å². The smallest absolute Gasteiger partial charge is 0.270 e. The number of hydrogen-bond acceptors (Lipinski definition) is 5. The third-order valence-corrected chi connectivity index (χ3v) is 3.15. The summed E-state index contributed by atoms with van der Waals surface area (Å²) in [4.78, 5) is 20.3. The second kappa shape index (κ2) is 7.72. The molecular weight excluding hydrogens is 304 g/mol. The molecule has 6 nitrogen and oxygen atoms in total. The molecule has 0 spiro atoms. The summed E-state index contributed by atoms with van der Waals surface area (Å²) in [6, 6.07) is 7.01. The number of hydrogen-bond donors (Lipinski definition) is 2. The van der Waals surface area contributed by atoms with Crippen LogP contribution in [0.1, 0.15) is 16.1 Å². The molecule has 0 aliphatic carbocycles. The van der Waals surface area contributed by atoms with Gasteiger partial charge >= 0.3 is 0 Å². The number of aromatic nitrogens is 2. The molecule has 1 aromatic heterocycles. The number of carbonyl (C=O) groups is 1. The van der Waals surface area contributed by atoms with E-state index in [0.29, 0.717) is 29.8 Å². The number of anilines is 2. The first kappa shape index (κ1) is 16.2. The third kappa shape index (κ3) is 4.41. The van der Waals surface area contributed by atoms with E-state index in [4.69, 9.17) is 16.3 Å².